The molecule has 31 heavy (non-hydrogen) atoms. The van der Waals surface area contributed by atoms with E-state index in [4.69, 9.17) is 4.74 Å². The molecule has 0 radical (unpaired) electrons. The normalized spacial score (nSPS) is 20.4. The van der Waals surface area contributed by atoms with Crippen molar-refractivity contribution in [3.63, 3.8) is 0 Å². The van der Waals surface area contributed by atoms with Crippen LogP contribution in [-0.4, -0.2) is 72.4 Å². The number of aliphatic hydroxyl groups is 1. The molecule has 1 aliphatic carbocycles. The average Bonchev–Trinajstić information content (AvgIpc) is 3.58. The number of carbonyl (C=O) groups is 1. The fraction of sp³-hybridized carbons (Fsp3) is 0.480. The van der Waals surface area contributed by atoms with Crippen LogP contribution in [0, 0.1) is 11.7 Å². The van der Waals surface area contributed by atoms with E-state index in [2.05, 4.69) is 4.90 Å². The van der Waals surface area contributed by atoms with Crippen molar-refractivity contribution >= 4 is 5.91 Å². The van der Waals surface area contributed by atoms with Crippen molar-refractivity contribution in [3.8, 4) is 0 Å². The molecule has 0 bridgehead atoms. The van der Waals surface area contributed by atoms with E-state index in [1.54, 1.807) is 12.1 Å². The molecule has 2 aromatic rings. The number of carbonyl (C=O) groups excluding carboxylic acids is 1. The Balaban J connectivity index is 1.33. The van der Waals surface area contributed by atoms with E-state index in [0.29, 0.717) is 50.7 Å². The molecule has 0 unspecified atom stereocenters. The molecule has 1 aliphatic heterocycles. The van der Waals surface area contributed by atoms with Crippen molar-refractivity contribution in [1.29, 1.82) is 0 Å². The summed E-state index contributed by atoms with van der Waals surface area (Å²) in [6, 6.07) is 15.8. The van der Waals surface area contributed by atoms with Gasteiger partial charge in [-0.2, -0.15) is 0 Å². The number of hydrogen-bond acceptors (Lipinski definition) is 4. The van der Waals surface area contributed by atoms with Gasteiger partial charge in [-0.1, -0.05) is 30.3 Å². The van der Waals surface area contributed by atoms with Gasteiger partial charge in [0, 0.05) is 38.3 Å². The van der Waals surface area contributed by atoms with Gasteiger partial charge in [-0.3, -0.25) is 9.69 Å². The molecule has 166 valence electrons. The van der Waals surface area contributed by atoms with E-state index in [-0.39, 0.29) is 17.8 Å². The predicted octanol–water partition coefficient (Wildman–Crippen LogP) is 2.98. The van der Waals surface area contributed by atoms with Crippen molar-refractivity contribution < 1.29 is 19.0 Å². The minimum absolute atomic E-state index is 0.0725. The summed E-state index contributed by atoms with van der Waals surface area (Å²) in [4.78, 5) is 17.1. The molecule has 5 nitrogen and oxygen atoms in total. The molecule has 2 atom stereocenters. The van der Waals surface area contributed by atoms with Crippen LogP contribution >= 0.6 is 0 Å². The van der Waals surface area contributed by atoms with E-state index >= 15 is 0 Å². The fourth-order valence-corrected chi connectivity index (χ4v) is 4.18. The zero-order valence-electron chi connectivity index (χ0n) is 17.8. The molecule has 0 spiro atoms. The maximum absolute atomic E-state index is 13.3. The van der Waals surface area contributed by atoms with Crippen LogP contribution in [-0.2, 0) is 11.2 Å². The van der Waals surface area contributed by atoms with E-state index in [1.807, 2.05) is 35.2 Å². The SMILES string of the molecule is O=C(c1ccc(F)cc1)N(CC1CC1)C[C@H]1CN(C[C@H](O)Cc2ccccc2)CCO1. The lowest BCUT2D eigenvalue weighted by Crippen LogP contribution is -2.50. The summed E-state index contributed by atoms with van der Waals surface area (Å²) in [7, 11) is 0. The second kappa shape index (κ2) is 10.4. The highest BCUT2D eigenvalue weighted by Gasteiger charge is 2.31. The molecular weight excluding hydrogens is 395 g/mol. The molecule has 4 rings (SSSR count). The first-order chi connectivity index (χ1) is 15.1. The van der Waals surface area contributed by atoms with Crippen LogP contribution in [0.25, 0.3) is 0 Å². The van der Waals surface area contributed by atoms with Crippen molar-refractivity contribution in [3.05, 3.63) is 71.5 Å². The predicted molar refractivity (Wildman–Crippen MR) is 117 cm³/mol. The highest BCUT2D eigenvalue weighted by atomic mass is 19.1. The summed E-state index contributed by atoms with van der Waals surface area (Å²) in [5, 5.41) is 10.5. The maximum atomic E-state index is 13.3. The second-order valence-electron chi connectivity index (χ2n) is 8.76. The van der Waals surface area contributed by atoms with E-state index in [9.17, 15) is 14.3 Å². The zero-order chi connectivity index (χ0) is 21.6. The minimum Gasteiger partial charge on any atom is -0.391 e. The van der Waals surface area contributed by atoms with E-state index in [0.717, 1.165) is 24.9 Å². The molecule has 1 N–H and O–H groups in total. The number of β-amino-alcohol motifs (C(OH)–C–C–N with tert-alkyl or cyclic N) is 1. The van der Waals surface area contributed by atoms with Gasteiger partial charge in [0.05, 0.1) is 18.8 Å². The summed E-state index contributed by atoms with van der Waals surface area (Å²) in [6.07, 6.45) is 2.39. The third-order valence-corrected chi connectivity index (χ3v) is 5.98. The highest BCUT2D eigenvalue weighted by molar-refractivity contribution is 5.94. The Morgan fingerprint density at radius 3 is 2.58 bits per heavy atom. The molecule has 1 saturated carbocycles. The highest BCUT2D eigenvalue weighted by Crippen LogP contribution is 2.30. The zero-order valence-corrected chi connectivity index (χ0v) is 17.8. The van der Waals surface area contributed by atoms with Gasteiger partial charge < -0.3 is 14.7 Å². The average molecular weight is 427 g/mol. The lowest BCUT2D eigenvalue weighted by Gasteiger charge is -2.36. The number of hydrogen-bond donors (Lipinski definition) is 1. The first-order valence-corrected chi connectivity index (χ1v) is 11.2. The standard InChI is InChI=1S/C25H31FN2O3/c26-22-10-8-21(9-11-22)25(30)28(15-20-6-7-20)18-24-17-27(12-13-31-24)16-23(29)14-19-4-2-1-3-5-19/h1-5,8-11,20,23-24,29H,6-7,12-18H2/t23-,24-/m1/s1. The summed E-state index contributed by atoms with van der Waals surface area (Å²) in [5.74, 6) is 0.138. The van der Waals surface area contributed by atoms with Crippen LogP contribution in [0.3, 0.4) is 0 Å². The Kier molecular flexibility index (Phi) is 7.33. The van der Waals surface area contributed by atoms with Gasteiger partial charge in [-0.05, 0) is 55.0 Å². The number of ether oxygens (including phenoxy) is 1. The van der Waals surface area contributed by atoms with Crippen molar-refractivity contribution in [1.82, 2.24) is 9.80 Å². The van der Waals surface area contributed by atoms with Gasteiger partial charge in [-0.25, -0.2) is 4.39 Å². The number of benzene rings is 2. The van der Waals surface area contributed by atoms with Crippen molar-refractivity contribution in [2.45, 2.75) is 31.5 Å². The smallest absolute Gasteiger partial charge is 0.253 e. The van der Waals surface area contributed by atoms with Crippen LogP contribution in [0.4, 0.5) is 4.39 Å². The quantitative estimate of drug-likeness (QED) is 0.670. The first kappa shape index (κ1) is 21.9. The van der Waals surface area contributed by atoms with E-state index < -0.39 is 6.10 Å². The second-order valence-corrected chi connectivity index (χ2v) is 8.76. The molecule has 1 heterocycles. The van der Waals surface area contributed by atoms with Crippen LogP contribution in [0.1, 0.15) is 28.8 Å². The van der Waals surface area contributed by atoms with Gasteiger partial charge in [0.15, 0.2) is 0 Å². The Labute approximate surface area is 183 Å². The number of amides is 1. The number of rotatable bonds is 9. The number of morpholine rings is 1. The summed E-state index contributed by atoms with van der Waals surface area (Å²) in [5.41, 5.74) is 1.63. The van der Waals surface area contributed by atoms with Crippen LogP contribution in [0.15, 0.2) is 54.6 Å². The molecular formula is C25H31FN2O3. The molecule has 1 saturated heterocycles. The Morgan fingerprint density at radius 1 is 1.13 bits per heavy atom. The molecule has 2 aromatic carbocycles. The first-order valence-electron chi connectivity index (χ1n) is 11.2. The van der Waals surface area contributed by atoms with Crippen molar-refractivity contribution in [2.75, 3.05) is 39.3 Å². The lowest BCUT2D eigenvalue weighted by molar-refractivity contribution is -0.0506. The minimum atomic E-state index is -0.440. The maximum Gasteiger partial charge on any atom is 0.253 e. The number of halogens is 1. The summed E-state index contributed by atoms with van der Waals surface area (Å²) < 4.78 is 19.2. The summed E-state index contributed by atoms with van der Waals surface area (Å²) in [6.45, 7) is 3.86. The molecule has 2 fully saturated rings. The van der Waals surface area contributed by atoms with Crippen LogP contribution < -0.4 is 0 Å². The molecule has 2 aliphatic rings. The molecule has 6 heteroatoms. The number of nitrogens with zero attached hydrogens (tertiary/aromatic N) is 2. The van der Waals surface area contributed by atoms with Gasteiger partial charge in [0.1, 0.15) is 5.82 Å². The van der Waals surface area contributed by atoms with Gasteiger partial charge >= 0.3 is 0 Å². The Bertz CT molecular complexity index is 842. The van der Waals surface area contributed by atoms with Gasteiger partial charge in [0.2, 0.25) is 0 Å². The third-order valence-electron chi connectivity index (χ3n) is 5.98. The largest absolute Gasteiger partial charge is 0.391 e. The summed E-state index contributed by atoms with van der Waals surface area (Å²) >= 11 is 0. The van der Waals surface area contributed by atoms with E-state index in [1.165, 1.54) is 12.1 Å². The Morgan fingerprint density at radius 2 is 1.87 bits per heavy atom. The van der Waals surface area contributed by atoms with Gasteiger partial charge in [0.25, 0.3) is 5.91 Å². The molecule has 1 amide bonds. The van der Waals surface area contributed by atoms with Gasteiger partial charge in [-0.15, -0.1) is 0 Å². The van der Waals surface area contributed by atoms with Crippen LogP contribution in [0.5, 0.6) is 0 Å². The lowest BCUT2D eigenvalue weighted by atomic mass is 10.1. The topological polar surface area (TPSA) is 53.0 Å². The third kappa shape index (κ3) is 6.60. The fourth-order valence-electron chi connectivity index (χ4n) is 4.18. The van der Waals surface area contributed by atoms with Crippen molar-refractivity contribution in [2.24, 2.45) is 5.92 Å². The molecule has 0 aromatic heterocycles. The van der Waals surface area contributed by atoms with Crippen LogP contribution in [0.2, 0.25) is 0 Å². The monoisotopic (exact) mass is 426 g/mol. The number of aliphatic hydroxyl groups excluding tert-OH is 1. The Hall–Kier alpha value is -2.28.